The zero-order chi connectivity index (χ0) is 69.0. The highest BCUT2D eigenvalue weighted by molar-refractivity contribution is 5.71. The molecule has 0 radical (unpaired) electrons. The van der Waals surface area contributed by atoms with Gasteiger partial charge in [0.25, 0.3) is 6.29 Å². The molecule has 0 rings (SSSR count). The second kappa shape index (κ2) is 77.8. The highest BCUT2D eigenvalue weighted by atomic mass is 16.7. The van der Waals surface area contributed by atoms with E-state index in [0.717, 1.165) is 38.5 Å². The molecule has 0 aromatic carbocycles. The minimum Gasteiger partial charge on any atom is -0.477 e. The Balaban J connectivity index is 3.91. The van der Waals surface area contributed by atoms with Crippen LogP contribution in [0, 0.1) is 0 Å². The van der Waals surface area contributed by atoms with Crippen molar-refractivity contribution in [2.45, 2.75) is 476 Å². The molecule has 0 saturated carbocycles. The van der Waals surface area contributed by atoms with E-state index in [9.17, 15) is 19.5 Å². The van der Waals surface area contributed by atoms with Crippen LogP contribution in [-0.4, -0.2) is 87.4 Å². The molecule has 0 heterocycles. The van der Waals surface area contributed by atoms with Gasteiger partial charge in [-0.3, -0.25) is 9.59 Å². The Morgan fingerprint density at radius 2 is 0.537 bits per heavy atom. The van der Waals surface area contributed by atoms with E-state index in [1.54, 1.807) is 0 Å². The molecular formula is C86H168NO8+. The monoisotopic (exact) mass is 1340 g/mol. The fourth-order valence-electron chi connectivity index (χ4n) is 13.5. The molecule has 0 bridgehead atoms. The van der Waals surface area contributed by atoms with Crippen LogP contribution in [-0.2, 0) is 33.3 Å². The van der Waals surface area contributed by atoms with Crippen LogP contribution in [0.25, 0.3) is 0 Å². The van der Waals surface area contributed by atoms with Gasteiger partial charge in [-0.1, -0.05) is 424 Å². The minimum atomic E-state index is -1.51. The zero-order valence-corrected chi connectivity index (χ0v) is 64.9. The van der Waals surface area contributed by atoms with Crippen LogP contribution in [0.5, 0.6) is 0 Å². The molecule has 0 aromatic rings. The van der Waals surface area contributed by atoms with Gasteiger partial charge in [-0.25, -0.2) is 4.79 Å². The Morgan fingerprint density at radius 1 is 0.305 bits per heavy atom. The van der Waals surface area contributed by atoms with Crippen LogP contribution in [0.3, 0.4) is 0 Å². The van der Waals surface area contributed by atoms with Gasteiger partial charge in [0.15, 0.2) is 6.10 Å². The molecule has 2 atom stereocenters. The number of carboxylic acids is 1. The Morgan fingerprint density at radius 3 is 0.779 bits per heavy atom. The van der Waals surface area contributed by atoms with Crippen molar-refractivity contribution in [3.63, 3.8) is 0 Å². The summed E-state index contributed by atoms with van der Waals surface area (Å²) in [6, 6.07) is 0. The van der Waals surface area contributed by atoms with Gasteiger partial charge in [0.1, 0.15) is 13.2 Å². The Labute approximate surface area is 593 Å². The summed E-state index contributed by atoms with van der Waals surface area (Å²) in [7, 11) is 6.01. The van der Waals surface area contributed by atoms with Crippen molar-refractivity contribution in [1.29, 1.82) is 0 Å². The quantitative estimate of drug-likeness (QED) is 0.0211. The summed E-state index contributed by atoms with van der Waals surface area (Å²) in [5, 5.41) is 9.78. The lowest BCUT2D eigenvalue weighted by Crippen LogP contribution is -2.40. The van der Waals surface area contributed by atoms with Crippen molar-refractivity contribution in [2.75, 3.05) is 47.5 Å². The number of rotatable bonds is 82. The van der Waals surface area contributed by atoms with Crippen LogP contribution in [0.4, 0.5) is 0 Å². The van der Waals surface area contributed by atoms with E-state index in [4.69, 9.17) is 18.9 Å². The summed E-state index contributed by atoms with van der Waals surface area (Å²) in [5.41, 5.74) is 0. The van der Waals surface area contributed by atoms with Crippen molar-refractivity contribution in [1.82, 2.24) is 0 Å². The van der Waals surface area contributed by atoms with Crippen molar-refractivity contribution in [3.05, 3.63) is 12.2 Å². The number of ether oxygens (including phenoxy) is 4. The van der Waals surface area contributed by atoms with Gasteiger partial charge in [0.05, 0.1) is 34.4 Å². The normalized spacial score (nSPS) is 12.6. The van der Waals surface area contributed by atoms with Crippen molar-refractivity contribution in [2.24, 2.45) is 0 Å². The van der Waals surface area contributed by atoms with Crippen molar-refractivity contribution in [3.8, 4) is 0 Å². The summed E-state index contributed by atoms with van der Waals surface area (Å²) >= 11 is 0. The van der Waals surface area contributed by atoms with Gasteiger partial charge in [-0.2, -0.15) is 0 Å². The van der Waals surface area contributed by atoms with E-state index in [1.807, 2.05) is 21.1 Å². The summed E-state index contributed by atoms with van der Waals surface area (Å²) < 4.78 is 23.1. The maximum Gasteiger partial charge on any atom is 0.361 e. The Bertz CT molecular complexity index is 1560. The van der Waals surface area contributed by atoms with Gasteiger partial charge >= 0.3 is 17.9 Å². The number of nitrogens with zero attached hydrogens (tertiary/aromatic N) is 1. The van der Waals surface area contributed by atoms with Gasteiger partial charge < -0.3 is 28.5 Å². The average Bonchev–Trinajstić information content (AvgIpc) is 3.58. The zero-order valence-electron chi connectivity index (χ0n) is 64.9. The number of hydrogen-bond acceptors (Lipinski definition) is 7. The standard InChI is InChI=1S/C86H167NO8/c1-6-8-10-12-14-16-18-20-22-24-26-28-30-32-34-36-38-40-42-44-46-48-50-52-54-56-58-60-62-64-66-68-70-72-74-76-83(88)93-80-82(81-94-86(85(90)91)92-79-78-87(3,4)5)95-84(89)77-75-73-71-69-67-65-63-61-59-57-55-53-51-49-47-45-43-41-39-37-35-33-31-29-27-25-23-21-19-17-15-13-11-9-7-2/h25,27,82,86H,6-24,26,28-81H2,1-5H3/p+1/b27-25-. The average molecular weight is 1340 g/mol. The Kier molecular flexibility index (Phi) is 76.1. The number of allylic oxidation sites excluding steroid dienone is 2. The summed E-state index contributed by atoms with van der Waals surface area (Å²) in [6.45, 7) is 4.98. The van der Waals surface area contributed by atoms with Crippen LogP contribution < -0.4 is 0 Å². The van der Waals surface area contributed by atoms with Crippen LogP contribution >= 0.6 is 0 Å². The molecule has 2 unspecified atom stereocenters. The highest BCUT2D eigenvalue weighted by Crippen LogP contribution is 2.21. The molecule has 1 N–H and O–H groups in total. The predicted octanol–water partition coefficient (Wildman–Crippen LogP) is 27.5. The first-order chi connectivity index (χ1) is 46.6. The second-order valence-electron chi connectivity index (χ2n) is 30.9. The molecule has 95 heavy (non-hydrogen) atoms. The molecule has 0 aliphatic heterocycles. The topological polar surface area (TPSA) is 108 Å². The van der Waals surface area contributed by atoms with E-state index < -0.39 is 18.4 Å². The summed E-state index contributed by atoms with van der Waals surface area (Å²) in [5.74, 6) is -1.96. The number of carbonyl (C=O) groups is 3. The maximum absolute atomic E-state index is 13.0. The van der Waals surface area contributed by atoms with Gasteiger partial charge in [0, 0.05) is 12.8 Å². The minimum absolute atomic E-state index is 0.173. The first-order valence-electron chi connectivity index (χ1n) is 42.9. The second-order valence-corrected chi connectivity index (χ2v) is 30.9. The van der Waals surface area contributed by atoms with E-state index in [2.05, 4.69) is 26.0 Å². The third kappa shape index (κ3) is 79.2. The molecule has 0 aliphatic carbocycles. The number of esters is 2. The fourth-order valence-corrected chi connectivity index (χ4v) is 13.5. The van der Waals surface area contributed by atoms with Crippen LogP contribution in [0.15, 0.2) is 12.2 Å². The van der Waals surface area contributed by atoms with Crippen LogP contribution in [0.1, 0.15) is 463 Å². The number of unbranched alkanes of at least 4 members (excludes halogenated alkanes) is 65. The molecule has 0 fully saturated rings. The maximum atomic E-state index is 13.0. The lowest BCUT2D eigenvalue weighted by Gasteiger charge is -2.25. The third-order valence-electron chi connectivity index (χ3n) is 20.0. The number of quaternary nitrogens is 1. The number of aliphatic carboxylic acids is 1. The SMILES string of the molecule is CCCCCCCCCC/C=C\CCCCCCCCCCCCCCCCCCCCCCCCCC(=O)OC(COC(=O)CCCCCCCCCCCCCCCCCCCCCCCCCCCCCCCCCCCCC)COC(OCC[N+](C)(C)C)C(=O)O. The number of carboxylic acid groups (broad SMARTS) is 1. The first-order valence-corrected chi connectivity index (χ1v) is 42.9. The smallest absolute Gasteiger partial charge is 0.361 e. The van der Waals surface area contributed by atoms with E-state index in [1.165, 1.54) is 398 Å². The molecule has 0 amide bonds. The molecule has 0 aromatic heterocycles. The fraction of sp³-hybridized carbons (Fsp3) is 0.942. The lowest BCUT2D eigenvalue weighted by molar-refractivity contribution is -0.870. The van der Waals surface area contributed by atoms with E-state index >= 15 is 0 Å². The largest absolute Gasteiger partial charge is 0.477 e. The highest BCUT2D eigenvalue weighted by Gasteiger charge is 2.25. The molecule has 0 spiro atoms. The lowest BCUT2D eigenvalue weighted by atomic mass is 10.0. The van der Waals surface area contributed by atoms with Gasteiger partial charge in [-0.15, -0.1) is 0 Å². The molecule has 9 nitrogen and oxygen atoms in total. The van der Waals surface area contributed by atoms with Gasteiger partial charge in [0.2, 0.25) is 0 Å². The third-order valence-corrected chi connectivity index (χ3v) is 20.0. The number of hydrogen-bond donors (Lipinski definition) is 1. The summed E-state index contributed by atoms with van der Waals surface area (Å²) in [6.07, 6.45) is 95.5. The summed E-state index contributed by atoms with van der Waals surface area (Å²) in [4.78, 5) is 37.8. The Hall–Kier alpha value is -1.97. The molecule has 0 saturated heterocycles. The van der Waals surface area contributed by atoms with E-state index in [0.29, 0.717) is 17.4 Å². The molecule has 0 aliphatic rings. The predicted molar refractivity (Wildman–Crippen MR) is 411 cm³/mol. The van der Waals surface area contributed by atoms with E-state index in [-0.39, 0.29) is 38.2 Å². The first kappa shape index (κ1) is 93.0. The molecule has 9 heteroatoms. The van der Waals surface area contributed by atoms with Gasteiger partial charge in [-0.05, 0) is 38.5 Å². The van der Waals surface area contributed by atoms with Crippen molar-refractivity contribution >= 4 is 17.9 Å². The molecule has 564 valence electrons. The number of likely N-dealkylation sites (N-methyl/N-ethyl adjacent to an activating group) is 1. The number of carbonyl (C=O) groups excluding carboxylic acids is 2. The van der Waals surface area contributed by atoms with Crippen LogP contribution in [0.2, 0.25) is 0 Å². The van der Waals surface area contributed by atoms with Crippen molar-refractivity contribution < 1.29 is 42.9 Å². The molecular weight excluding hydrogens is 1170 g/mol.